The third kappa shape index (κ3) is 30.9. The summed E-state index contributed by atoms with van der Waals surface area (Å²) >= 11 is 11.4. The zero-order valence-electron chi connectivity index (χ0n) is 48.0. The van der Waals surface area contributed by atoms with E-state index >= 15 is 0 Å². The lowest BCUT2D eigenvalue weighted by Crippen LogP contribution is -2.28. The van der Waals surface area contributed by atoms with Crippen molar-refractivity contribution in [3.8, 4) is 0 Å². The number of aldehydes is 1. The van der Waals surface area contributed by atoms with Gasteiger partial charge in [0.2, 0.25) is 0 Å². The van der Waals surface area contributed by atoms with Crippen LogP contribution in [0.1, 0.15) is 129 Å². The summed E-state index contributed by atoms with van der Waals surface area (Å²) in [5.74, 6) is -0.598. The second-order valence-electron chi connectivity index (χ2n) is 20.7. The van der Waals surface area contributed by atoms with Gasteiger partial charge >= 0.3 is 18.5 Å². The SMILES string of the molecule is CC(C)(C)S(=O)CC(c1ccc(I)cc1)c1ncccc1C(F)(F)F.CC(C)(C)S(=O)N=Cc1ccc(I)cc1.CC(C)(C)S(N)=O.Cl.FC(F)(F)c1cccnc1Br.NC(c1ccc(I)cc1)c1ncccc1C(F)(F)F.O=Cc1ccc(I)cc1. The lowest BCUT2D eigenvalue weighted by Gasteiger charge is -2.25. The minimum Gasteiger partial charge on any atom is -0.319 e. The minimum absolute atomic E-state index is 0. The fraction of sp³-hybridized carbons (Fsp3) is 0.305. The topological polar surface area (TPSA) is 171 Å². The molecule has 0 aliphatic carbocycles. The largest absolute Gasteiger partial charge is 0.419 e. The van der Waals surface area contributed by atoms with Crippen molar-refractivity contribution in [2.24, 2.45) is 15.3 Å². The van der Waals surface area contributed by atoms with Crippen molar-refractivity contribution in [3.05, 3.63) is 221 Å². The number of benzene rings is 4. The molecule has 0 aliphatic rings. The number of carbonyl (C=O) groups is 1. The van der Waals surface area contributed by atoms with Gasteiger partial charge in [0, 0.05) is 71.9 Å². The number of carbonyl (C=O) groups excluding carboxylic acids is 1. The molecule has 0 saturated heterocycles. The first-order valence-corrected chi connectivity index (χ1v) is 33.8. The summed E-state index contributed by atoms with van der Waals surface area (Å²) in [5, 5.41) is 5.04. The Morgan fingerprint density at radius 3 is 1.21 bits per heavy atom. The molecule has 5 unspecified atom stereocenters. The predicted molar refractivity (Wildman–Crippen MR) is 373 cm³/mol. The number of halogens is 15. The highest BCUT2D eigenvalue weighted by molar-refractivity contribution is 14.1. The first-order valence-electron chi connectivity index (χ1n) is 25.0. The maximum atomic E-state index is 13.4. The maximum Gasteiger partial charge on any atom is 0.419 e. The third-order valence-corrected chi connectivity index (χ3v) is 18.8. The molecule has 0 bridgehead atoms. The minimum atomic E-state index is -4.51. The van der Waals surface area contributed by atoms with Crippen molar-refractivity contribution in [3.63, 3.8) is 0 Å². The van der Waals surface area contributed by atoms with Crippen LogP contribution in [0.5, 0.6) is 0 Å². The Kier molecular flexibility index (Phi) is 35.5. The van der Waals surface area contributed by atoms with Crippen LogP contribution in [0.15, 0.2) is 161 Å². The molecule has 28 heteroatoms. The van der Waals surface area contributed by atoms with Gasteiger partial charge < -0.3 is 5.73 Å². The lowest BCUT2D eigenvalue weighted by atomic mass is 9.93. The summed E-state index contributed by atoms with van der Waals surface area (Å²) in [7, 11) is -3.68. The summed E-state index contributed by atoms with van der Waals surface area (Å²) in [5.41, 5.74) is 6.35. The Balaban J connectivity index is 0.000000547. The van der Waals surface area contributed by atoms with Crippen molar-refractivity contribution >= 4 is 164 Å². The standard InChI is InChI=1S/C18H19F3INOS.C13H10F3IN2.C11H14INOS.C7H5IO.C6H3BrF3N.C4H11NOS.ClH/c1-17(2,3)25(24)11-14(12-6-8-13(22)9-7-12)16-15(18(19,20)21)5-4-10-23-16;14-13(15,16)10-2-1-7-19-12(10)11(18)8-3-5-9(17)6-4-8;1-11(2,3)15(14)13-8-9-4-6-10(12)7-5-9;8-7-3-1-6(5-9)2-4-7;7-5-4(6(8,9)10)2-1-3-11-5;1-4(2,3)7(5)6;/h4-10,14H,11H2,1-3H3;1-7,11H,18H2;4-8H,1-3H3;1-5H;1-3H;5H2,1-3H3;1H. The van der Waals surface area contributed by atoms with Crippen LogP contribution in [0.2, 0.25) is 0 Å². The van der Waals surface area contributed by atoms with Crippen LogP contribution in [0.4, 0.5) is 39.5 Å². The van der Waals surface area contributed by atoms with E-state index in [-0.39, 0.29) is 43.6 Å². The summed E-state index contributed by atoms with van der Waals surface area (Å²) in [6, 6.07) is 35.5. The number of pyridine rings is 3. The summed E-state index contributed by atoms with van der Waals surface area (Å²) in [6.07, 6.45) is -6.82. The molecule has 5 atom stereocenters. The van der Waals surface area contributed by atoms with Gasteiger partial charge in [-0.15, -0.1) is 12.4 Å². The predicted octanol–water partition coefficient (Wildman–Crippen LogP) is 18.1. The monoisotopic (exact) mass is 1810 g/mol. The van der Waals surface area contributed by atoms with Crippen molar-refractivity contribution in [1.29, 1.82) is 0 Å². The van der Waals surface area contributed by atoms with E-state index in [1.807, 2.05) is 111 Å². The van der Waals surface area contributed by atoms with Crippen molar-refractivity contribution < 1.29 is 56.9 Å². The quantitative estimate of drug-likeness (QED) is 0.0473. The first kappa shape index (κ1) is 82.1. The number of nitrogens with two attached hydrogens (primary N) is 2. The number of aromatic nitrogens is 3. The Morgan fingerprint density at radius 1 is 0.517 bits per heavy atom. The highest BCUT2D eigenvalue weighted by Gasteiger charge is 2.38. The molecule has 4 N–H and O–H groups in total. The fourth-order valence-corrected chi connectivity index (χ4v) is 9.65. The average molecular weight is 1810 g/mol. The van der Waals surface area contributed by atoms with E-state index in [9.17, 15) is 56.9 Å². The smallest absolute Gasteiger partial charge is 0.319 e. The van der Waals surface area contributed by atoms with Gasteiger partial charge in [-0.1, -0.05) is 48.5 Å². The van der Waals surface area contributed by atoms with Crippen LogP contribution >= 0.6 is 119 Å². The molecule has 0 spiro atoms. The molecular weight excluding hydrogens is 1750 g/mol. The molecule has 0 fully saturated rings. The number of nitrogens with zero attached hydrogens (tertiary/aromatic N) is 4. The first-order chi connectivity index (χ1) is 39.6. The van der Waals surface area contributed by atoms with E-state index in [0.717, 1.165) is 46.3 Å². The summed E-state index contributed by atoms with van der Waals surface area (Å²) in [6.45, 7) is 16.7. The maximum absolute atomic E-state index is 13.4. The molecule has 3 heterocycles. The van der Waals surface area contributed by atoms with Crippen molar-refractivity contribution in [1.82, 2.24) is 15.0 Å². The molecular formula is C59H63BrClF9I4N6O4S3. The zero-order valence-corrected chi connectivity index (χ0v) is 61.4. The van der Waals surface area contributed by atoms with Crippen LogP contribution in [0.25, 0.3) is 0 Å². The highest BCUT2D eigenvalue weighted by Crippen LogP contribution is 2.39. The normalized spacial score (nSPS) is 13.4. The Morgan fingerprint density at radius 2 is 0.862 bits per heavy atom. The van der Waals surface area contributed by atoms with Crippen molar-refractivity contribution in [2.75, 3.05) is 5.75 Å². The molecule has 0 radical (unpaired) electrons. The average Bonchev–Trinajstić information content (AvgIpc) is 1.25. The van der Waals surface area contributed by atoms with E-state index < -0.39 is 84.7 Å². The van der Waals surface area contributed by atoms with Crippen LogP contribution < -0.4 is 10.9 Å². The second-order valence-corrected chi connectivity index (χ2v) is 32.4. The van der Waals surface area contributed by atoms with Gasteiger partial charge in [0.05, 0.1) is 54.6 Å². The van der Waals surface area contributed by atoms with E-state index in [4.69, 9.17) is 10.9 Å². The van der Waals surface area contributed by atoms with Gasteiger partial charge in [0.15, 0.2) is 0 Å². The van der Waals surface area contributed by atoms with Crippen LogP contribution in [-0.4, -0.2) is 60.1 Å². The molecule has 87 heavy (non-hydrogen) atoms. The fourth-order valence-electron chi connectivity index (χ4n) is 6.05. The molecule has 7 rings (SSSR count). The Bertz CT molecular complexity index is 3340. The Labute approximate surface area is 578 Å². The molecule has 10 nitrogen and oxygen atoms in total. The van der Waals surface area contributed by atoms with Crippen molar-refractivity contribution in [2.45, 2.75) is 107 Å². The van der Waals surface area contributed by atoms with E-state index in [0.29, 0.717) is 11.1 Å². The lowest BCUT2D eigenvalue weighted by molar-refractivity contribution is -0.139. The molecule has 476 valence electrons. The zero-order chi connectivity index (χ0) is 65.6. The van der Waals surface area contributed by atoms with Crippen LogP contribution in [-0.2, 0) is 51.3 Å². The third-order valence-electron chi connectivity index (χ3n) is 10.8. The summed E-state index contributed by atoms with van der Waals surface area (Å²) < 4.78 is 157. The van der Waals surface area contributed by atoms with Gasteiger partial charge in [-0.25, -0.2) is 13.4 Å². The second kappa shape index (κ2) is 37.6. The molecule has 0 amide bonds. The van der Waals surface area contributed by atoms with E-state index in [1.165, 1.54) is 40.4 Å². The molecule has 7 aromatic rings. The molecule has 0 aliphatic heterocycles. The Hall–Kier alpha value is -2.90. The van der Waals surface area contributed by atoms with Gasteiger partial charge in [0.1, 0.15) is 21.9 Å². The van der Waals surface area contributed by atoms with Crippen LogP contribution in [0.3, 0.4) is 0 Å². The van der Waals surface area contributed by atoms with Gasteiger partial charge in [0.25, 0.3) is 0 Å². The highest BCUT2D eigenvalue weighted by atomic mass is 127. The van der Waals surface area contributed by atoms with E-state index in [2.05, 4.69) is 126 Å². The van der Waals surface area contributed by atoms with Crippen LogP contribution in [0, 0.1) is 14.3 Å². The number of alkyl halides is 9. The summed E-state index contributed by atoms with van der Waals surface area (Å²) in [4.78, 5) is 21.4. The number of hydrogen-bond acceptors (Lipinski definition) is 8. The van der Waals surface area contributed by atoms with Gasteiger partial charge in [-0.05, 0) is 270 Å². The van der Waals surface area contributed by atoms with Gasteiger partial charge in [-0.3, -0.25) is 24.1 Å². The number of hydrogen-bond donors (Lipinski definition) is 2. The van der Waals surface area contributed by atoms with E-state index in [1.54, 1.807) is 54.7 Å². The number of rotatable bonds is 9. The molecule has 4 aromatic carbocycles. The molecule has 3 aromatic heterocycles. The molecule has 0 saturated carbocycles. The van der Waals surface area contributed by atoms with Gasteiger partial charge in [-0.2, -0.15) is 43.9 Å².